The number of hydrogen-bond acceptors (Lipinski definition) is 3. The second kappa shape index (κ2) is 15.4. The van der Waals surface area contributed by atoms with E-state index in [2.05, 4.69) is 13.8 Å². The molecule has 0 saturated heterocycles. The smallest absolute Gasteiger partial charge is 0.252 e. The molecule has 0 saturated carbocycles. The summed E-state index contributed by atoms with van der Waals surface area (Å²) in [4.78, 5) is 32.6. The lowest BCUT2D eigenvalue weighted by Gasteiger charge is -2.00. The van der Waals surface area contributed by atoms with Gasteiger partial charge >= 0.3 is 0 Å². The van der Waals surface area contributed by atoms with Crippen molar-refractivity contribution in [3.63, 3.8) is 0 Å². The average Bonchev–Trinajstić information content (AvgIpc) is 2.68. The van der Waals surface area contributed by atoms with Gasteiger partial charge in [-0.2, -0.15) is 0 Å². The Balaban J connectivity index is 0.000000461. The van der Waals surface area contributed by atoms with Crippen molar-refractivity contribution in [2.75, 3.05) is 0 Å². The summed E-state index contributed by atoms with van der Waals surface area (Å²) < 4.78 is 0. The van der Waals surface area contributed by atoms with E-state index in [9.17, 15) is 14.4 Å². The van der Waals surface area contributed by atoms with Crippen molar-refractivity contribution < 1.29 is 14.4 Å². The van der Waals surface area contributed by atoms with E-state index in [4.69, 9.17) is 34.8 Å². The lowest BCUT2D eigenvalue weighted by atomic mass is 10.1. The molecular formula is C21H23Cl3O3. The third kappa shape index (κ3) is 12.4. The van der Waals surface area contributed by atoms with Crippen molar-refractivity contribution in [1.82, 2.24) is 0 Å². The highest BCUT2D eigenvalue weighted by Crippen LogP contribution is 2.16. The van der Waals surface area contributed by atoms with Crippen LogP contribution in [0.1, 0.15) is 70.6 Å². The topological polar surface area (TPSA) is 51.2 Å². The predicted molar refractivity (Wildman–Crippen MR) is 113 cm³/mol. The molecule has 0 bridgehead atoms. The van der Waals surface area contributed by atoms with Crippen LogP contribution in [0.3, 0.4) is 0 Å². The first-order chi connectivity index (χ1) is 12.8. The van der Waals surface area contributed by atoms with Gasteiger partial charge in [-0.25, -0.2) is 0 Å². The molecule has 0 aromatic heterocycles. The van der Waals surface area contributed by atoms with Crippen molar-refractivity contribution in [2.45, 2.75) is 39.5 Å². The monoisotopic (exact) mass is 428 g/mol. The Morgan fingerprint density at radius 1 is 0.593 bits per heavy atom. The van der Waals surface area contributed by atoms with Gasteiger partial charge in [0.25, 0.3) is 15.7 Å². The zero-order valence-corrected chi connectivity index (χ0v) is 17.7. The molecule has 2 aromatic rings. The Kier molecular flexibility index (Phi) is 14.4. The summed E-state index contributed by atoms with van der Waals surface area (Å²) >= 11 is 15.6. The van der Waals surface area contributed by atoms with E-state index in [0.717, 1.165) is 0 Å². The number of hydrogen-bond donors (Lipinski definition) is 0. The lowest BCUT2D eigenvalue weighted by Crippen LogP contribution is -2.00. The van der Waals surface area contributed by atoms with Crippen molar-refractivity contribution in [2.24, 2.45) is 0 Å². The fourth-order valence-corrected chi connectivity index (χ4v) is 2.18. The summed E-state index contributed by atoms with van der Waals surface area (Å²) in [6.07, 6.45) is 5.54. The molecular weight excluding hydrogens is 407 g/mol. The van der Waals surface area contributed by atoms with Crippen LogP contribution in [0, 0.1) is 0 Å². The van der Waals surface area contributed by atoms with Crippen LogP contribution >= 0.6 is 34.8 Å². The number of carbonyl (C=O) groups excluding carboxylic acids is 3. The number of unbranched alkanes of at least 4 members (excludes halogenated alkanes) is 3. The van der Waals surface area contributed by atoms with Crippen LogP contribution in [-0.4, -0.2) is 15.7 Å². The first-order valence-electron chi connectivity index (χ1n) is 8.58. The molecule has 0 N–H and O–H groups in total. The predicted octanol–water partition coefficient (Wildman–Crippen LogP) is 7.10. The number of carbonyl (C=O) groups is 3. The molecule has 6 heteroatoms. The van der Waals surface area contributed by atoms with Crippen LogP contribution in [0.25, 0.3) is 0 Å². The molecule has 0 amide bonds. The van der Waals surface area contributed by atoms with Crippen molar-refractivity contribution >= 4 is 50.5 Å². The minimum absolute atomic E-state index is 0.00725. The van der Waals surface area contributed by atoms with Gasteiger partial charge in [0, 0.05) is 16.7 Å². The van der Waals surface area contributed by atoms with Gasteiger partial charge in [0.15, 0.2) is 0 Å². The summed E-state index contributed by atoms with van der Waals surface area (Å²) in [5.41, 5.74) is -0.0218. The maximum absolute atomic E-state index is 10.9. The first kappa shape index (κ1) is 25.3. The summed E-state index contributed by atoms with van der Waals surface area (Å²) in [5, 5.41) is -2.39. The third-order valence-corrected chi connectivity index (χ3v) is 3.89. The minimum Gasteiger partial charge on any atom is -0.276 e. The van der Waals surface area contributed by atoms with E-state index in [1.54, 1.807) is 0 Å². The Morgan fingerprint density at radius 3 is 0.963 bits per heavy atom. The molecule has 0 atom stereocenters. The van der Waals surface area contributed by atoms with E-state index in [0.29, 0.717) is 0 Å². The Morgan fingerprint density at radius 2 is 0.815 bits per heavy atom. The van der Waals surface area contributed by atoms with Crippen LogP contribution in [0.4, 0.5) is 0 Å². The second-order valence-corrected chi connectivity index (χ2v) is 6.51. The SMILES string of the molecule is CCCCCC.O=C(Cl)c1cc(C(=O)Cl)cc(C(=O)Cl)c1.c1ccccc1. The molecule has 0 unspecified atom stereocenters. The molecule has 0 aliphatic carbocycles. The van der Waals surface area contributed by atoms with Crippen LogP contribution in [0.15, 0.2) is 54.6 Å². The molecule has 2 rings (SSSR count). The highest BCUT2D eigenvalue weighted by molar-refractivity contribution is 6.70. The van der Waals surface area contributed by atoms with E-state index in [-0.39, 0.29) is 16.7 Å². The molecule has 0 spiro atoms. The van der Waals surface area contributed by atoms with Gasteiger partial charge in [0.05, 0.1) is 0 Å². The van der Waals surface area contributed by atoms with Crippen LogP contribution < -0.4 is 0 Å². The van der Waals surface area contributed by atoms with Crippen molar-refractivity contribution in [3.8, 4) is 0 Å². The highest BCUT2D eigenvalue weighted by Gasteiger charge is 2.12. The van der Waals surface area contributed by atoms with Gasteiger partial charge in [-0.3, -0.25) is 14.4 Å². The van der Waals surface area contributed by atoms with Gasteiger partial charge in [-0.1, -0.05) is 75.9 Å². The Bertz CT molecular complexity index is 606. The van der Waals surface area contributed by atoms with E-state index < -0.39 is 15.7 Å². The van der Waals surface area contributed by atoms with E-state index >= 15 is 0 Å². The number of halogens is 3. The average molecular weight is 430 g/mol. The number of rotatable bonds is 6. The Hall–Kier alpha value is -1.68. The second-order valence-electron chi connectivity index (χ2n) is 5.48. The van der Waals surface area contributed by atoms with Gasteiger partial charge in [-0.15, -0.1) is 0 Å². The molecule has 2 aromatic carbocycles. The molecule has 0 heterocycles. The number of benzene rings is 2. The van der Waals surface area contributed by atoms with Gasteiger partial charge in [-0.05, 0) is 53.0 Å². The van der Waals surface area contributed by atoms with E-state index in [1.807, 2.05) is 36.4 Å². The highest BCUT2D eigenvalue weighted by atomic mass is 35.5. The van der Waals surface area contributed by atoms with Gasteiger partial charge in [0.2, 0.25) is 0 Å². The molecule has 0 radical (unpaired) electrons. The summed E-state index contributed by atoms with van der Waals surface area (Å²) in [7, 11) is 0. The fraction of sp³-hybridized carbons (Fsp3) is 0.286. The Labute approximate surface area is 175 Å². The summed E-state index contributed by atoms with van der Waals surface area (Å²) in [6.45, 7) is 4.46. The molecule has 27 heavy (non-hydrogen) atoms. The van der Waals surface area contributed by atoms with Gasteiger partial charge < -0.3 is 0 Å². The first-order valence-corrected chi connectivity index (χ1v) is 9.71. The van der Waals surface area contributed by atoms with Crippen LogP contribution in [-0.2, 0) is 0 Å². The van der Waals surface area contributed by atoms with Crippen LogP contribution in [0.5, 0.6) is 0 Å². The molecule has 0 fully saturated rings. The zero-order chi connectivity index (χ0) is 20.7. The fourth-order valence-electron chi connectivity index (χ4n) is 1.85. The quantitative estimate of drug-likeness (QED) is 0.363. The third-order valence-electron chi connectivity index (χ3n) is 3.24. The molecule has 3 nitrogen and oxygen atoms in total. The van der Waals surface area contributed by atoms with Crippen molar-refractivity contribution in [1.29, 1.82) is 0 Å². The molecule has 146 valence electrons. The van der Waals surface area contributed by atoms with Gasteiger partial charge in [0.1, 0.15) is 0 Å². The van der Waals surface area contributed by atoms with Crippen LogP contribution in [0.2, 0.25) is 0 Å². The lowest BCUT2D eigenvalue weighted by molar-refractivity contribution is 0.108. The van der Waals surface area contributed by atoms with E-state index in [1.165, 1.54) is 43.9 Å². The zero-order valence-electron chi connectivity index (χ0n) is 15.4. The maximum atomic E-state index is 10.9. The maximum Gasteiger partial charge on any atom is 0.252 e. The normalized spacial score (nSPS) is 9.22. The van der Waals surface area contributed by atoms with Crippen molar-refractivity contribution in [3.05, 3.63) is 71.3 Å². The minimum atomic E-state index is -0.797. The molecule has 0 aliphatic rings. The largest absolute Gasteiger partial charge is 0.276 e. The standard InChI is InChI=1S/C9H3Cl3O3.C6H6.C6H14/c10-7(13)4-1-5(8(11)14)3-6(2-4)9(12)15;1-2-4-6-5-3-1;1-3-5-6-4-2/h1-3H;1-6H;3-6H2,1-2H3. The summed E-state index contributed by atoms with van der Waals surface area (Å²) in [5.74, 6) is 0. The molecule has 0 aliphatic heterocycles. The summed E-state index contributed by atoms with van der Waals surface area (Å²) in [6, 6.07) is 15.6.